The van der Waals surface area contributed by atoms with Crippen LogP contribution in [0.4, 0.5) is 0 Å². The van der Waals surface area contributed by atoms with E-state index in [4.69, 9.17) is 0 Å². The molecule has 2 heterocycles. The Kier molecular flexibility index (Phi) is 4.97. The van der Waals surface area contributed by atoms with Crippen molar-refractivity contribution >= 4 is 5.91 Å². The van der Waals surface area contributed by atoms with Crippen LogP contribution in [0.2, 0.25) is 0 Å². The first-order chi connectivity index (χ1) is 10.4. The van der Waals surface area contributed by atoms with E-state index in [-0.39, 0.29) is 12.5 Å². The molecule has 1 unspecified atom stereocenters. The summed E-state index contributed by atoms with van der Waals surface area (Å²) < 4.78 is 1.79. The van der Waals surface area contributed by atoms with Gasteiger partial charge in [-0.1, -0.05) is 13.3 Å². The predicted octanol–water partition coefficient (Wildman–Crippen LogP) is 1.32. The Morgan fingerprint density at radius 1 is 1.50 bits per heavy atom. The van der Waals surface area contributed by atoms with Crippen molar-refractivity contribution < 1.29 is 9.90 Å². The van der Waals surface area contributed by atoms with Crippen LogP contribution >= 0.6 is 0 Å². The number of aromatic nitrogens is 4. The molecule has 0 aromatic carbocycles. The normalized spacial score (nSPS) is 12.4. The van der Waals surface area contributed by atoms with Gasteiger partial charge < -0.3 is 10.4 Å². The largest absolute Gasteiger partial charge is 0.391 e. The molecular weight excluding hydrogens is 282 g/mol. The molecule has 3 N–H and O–H groups in total. The van der Waals surface area contributed by atoms with Crippen LogP contribution in [0, 0.1) is 13.8 Å². The molecule has 0 saturated carbocycles. The second-order valence-electron chi connectivity index (χ2n) is 5.49. The zero-order valence-corrected chi connectivity index (χ0v) is 13.5. The van der Waals surface area contributed by atoms with E-state index in [1.165, 1.54) is 0 Å². The summed E-state index contributed by atoms with van der Waals surface area (Å²) in [5.74, 6) is -0.270. The SMILES string of the molecule is CCCC(O)CNC(=O)c1cc(-c2c(C)nn(C)c2C)n[nH]1. The smallest absolute Gasteiger partial charge is 0.269 e. The maximum Gasteiger partial charge on any atom is 0.269 e. The highest BCUT2D eigenvalue weighted by molar-refractivity contribution is 5.93. The minimum Gasteiger partial charge on any atom is -0.391 e. The van der Waals surface area contributed by atoms with Gasteiger partial charge in [-0.25, -0.2) is 0 Å². The molecule has 7 heteroatoms. The molecule has 120 valence electrons. The van der Waals surface area contributed by atoms with Crippen molar-refractivity contribution in [3.8, 4) is 11.3 Å². The highest BCUT2D eigenvalue weighted by Crippen LogP contribution is 2.25. The number of aryl methyl sites for hydroxylation is 2. The number of aromatic amines is 1. The van der Waals surface area contributed by atoms with E-state index in [0.717, 1.165) is 23.4 Å². The average Bonchev–Trinajstić information content (AvgIpc) is 3.03. The van der Waals surface area contributed by atoms with Gasteiger partial charge in [-0.3, -0.25) is 14.6 Å². The van der Waals surface area contributed by atoms with Gasteiger partial charge in [-0.15, -0.1) is 0 Å². The van der Waals surface area contributed by atoms with Crippen LogP contribution in [0.15, 0.2) is 6.07 Å². The first-order valence-electron chi connectivity index (χ1n) is 7.46. The number of carbonyl (C=O) groups is 1. The second kappa shape index (κ2) is 6.74. The molecule has 0 fully saturated rings. The fourth-order valence-electron chi connectivity index (χ4n) is 2.45. The van der Waals surface area contributed by atoms with Gasteiger partial charge in [0.1, 0.15) is 5.69 Å². The summed E-state index contributed by atoms with van der Waals surface area (Å²) in [6.07, 6.45) is 1.03. The summed E-state index contributed by atoms with van der Waals surface area (Å²) in [5.41, 5.74) is 3.87. The number of aliphatic hydroxyl groups is 1. The lowest BCUT2D eigenvalue weighted by atomic mass is 10.1. The van der Waals surface area contributed by atoms with Gasteiger partial charge in [0.25, 0.3) is 5.91 Å². The van der Waals surface area contributed by atoms with Gasteiger partial charge >= 0.3 is 0 Å². The molecule has 22 heavy (non-hydrogen) atoms. The number of aliphatic hydroxyl groups excluding tert-OH is 1. The molecule has 1 atom stereocenters. The van der Waals surface area contributed by atoms with Gasteiger partial charge in [0.2, 0.25) is 0 Å². The van der Waals surface area contributed by atoms with E-state index in [2.05, 4.69) is 20.6 Å². The Balaban J connectivity index is 2.09. The van der Waals surface area contributed by atoms with Crippen molar-refractivity contribution in [3.05, 3.63) is 23.1 Å². The highest BCUT2D eigenvalue weighted by Gasteiger charge is 2.17. The quantitative estimate of drug-likeness (QED) is 0.750. The summed E-state index contributed by atoms with van der Waals surface area (Å²) in [6.45, 7) is 6.11. The molecule has 2 aromatic heterocycles. The molecule has 0 bridgehead atoms. The Morgan fingerprint density at radius 3 is 2.82 bits per heavy atom. The van der Waals surface area contributed by atoms with Crippen molar-refractivity contribution in [3.63, 3.8) is 0 Å². The summed E-state index contributed by atoms with van der Waals surface area (Å²) in [6, 6.07) is 1.71. The third kappa shape index (κ3) is 3.36. The van der Waals surface area contributed by atoms with Crippen molar-refractivity contribution in [2.75, 3.05) is 6.54 Å². The number of nitrogens with zero attached hydrogens (tertiary/aromatic N) is 3. The van der Waals surface area contributed by atoms with E-state index in [1.54, 1.807) is 10.7 Å². The van der Waals surface area contributed by atoms with Crippen molar-refractivity contribution in [2.45, 2.75) is 39.7 Å². The van der Waals surface area contributed by atoms with E-state index in [1.807, 2.05) is 27.8 Å². The molecule has 7 nitrogen and oxygen atoms in total. The highest BCUT2D eigenvalue weighted by atomic mass is 16.3. The Morgan fingerprint density at radius 2 is 2.23 bits per heavy atom. The van der Waals surface area contributed by atoms with Gasteiger partial charge in [0.15, 0.2) is 0 Å². The van der Waals surface area contributed by atoms with Crippen molar-refractivity contribution in [1.82, 2.24) is 25.3 Å². The Bertz CT molecular complexity index is 659. The lowest BCUT2D eigenvalue weighted by Gasteiger charge is -2.09. The molecule has 1 amide bonds. The van der Waals surface area contributed by atoms with Crippen LogP contribution in [-0.4, -0.2) is 43.6 Å². The van der Waals surface area contributed by atoms with E-state index < -0.39 is 6.10 Å². The van der Waals surface area contributed by atoms with Gasteiger partial charge in [-0.2, -0.15) is 10.2 Å². The Labute approximate surface area is 129 Å². The third-order valence-electron chi connectivity index (χ3n) is 3.71. The van der Waals surface area contributed by atoms with Gasteiger partial charge in [-0.05, 0) is 26.3 Å². The van der Waals surface area contributed by atoms with E-state index in [0.29, 0.717) is 17.8 Å². The molecule has 0 spiro atoms. The molecule has 0 saturated heterocycles. The van der Waals surface area contributed by atoms with Crippen LogP contribution in [0.25, 0.3) is 11.3 Å². The number of hydrogen-bond donors (Lipinski definition) is 3. The van der Waals surface area contributed by atoms with Crippen LogP contribution in [0.1, 0.15) is 41.6 Å². The van der Waals surface area contributed by atoms with Crippen molar-refractivity contribution in [2.24, 2.45) is 7.05 Å². The summed E-state index contributed by atoms with van der Waals surface area (Å²) in [5, 5.41) is 23.7. The van der Waals surface area contributed by atoms with E-state index in [9.17, 15) is 9.90 Å². The maximum absolute atomic E-state index is 12.1. The molecule has 0 aliphatic heterocycles. The zero-order valence-electron chi connectivity index (χ0n) is 13.5. The number of carbonyl (C=O) groups excluding carboxylic acids is 1. The minimum atomic E-state index is -0.515. The summed E-state index contributed by atoms with van der Waals surface area (Å²) >= 11 is 0. The molecule has 0 radical (unpaired) electrons. The van der Waals surface area contributed by atoms with Crippen LogP contribution in [0.3, 0.4) is 0 Å². The number of amides is 1. The fourth-order valence-corrected chi connectivity index (χ4v) is 2.45. The van der Waals surface area contributed by atoms with Gasteiger partial charge in [0, 0.05) is 24.8 Å². The number of rotatable bonds is 6. The lowest BCUT2D eigenvalue weighted by Crippen LogP contribution is -2.32. The van der Waals surface area contributed by atoms with Gasteiger partial charge in [0.05, 0.1) is 17.5 Å². The number of H-pyrrole nitrogens is 1. The number of nitrogens with one attached hydrogen (secondary N) is 2. The average molecular weight is 305 g/mol. The second-order valence-corrected chi connectivity index (χ2v) is 5.49. The zero-order chi connectivity index (χ0) is 16.3. The maximum atomic E-state index is 12.1. The molecule has 0 aliphatic carbocycles. The van der Waals surface area contributed by atoms with Crippen molar-refractivity contribution in [1.29, 1.82) is 0 Å². The predicted molar refractivity (Wildman–Crippen MR) is 83.5 cm³/mol. The summed E-state index contributed by atoms with van der Waals surface area (Å²) in [4.78, 5) is 12.1. The van der Waals surface area contributed by atoms with Crippen LogP contribution in [-0.2, 0) is 7.05 Å². The fraction of sp³-hybridized carbons (Fsp3) is 0.533. The molecular formula is C15H23N5O2. The van der Waals surface area contributed by atoms with Crippen LogP contribution in [0.5, 0.6) is 0 Å². The minimum absolute atomic E-state index is 0.242. The summed E-state index contributed by atoms with van der Waals surface area (Å²) in [7, 11) is 1.88. The third-order valence-corrected chi connectivity index (χ3v) is 3.71. The first-order valence-corrected chi connectivity index (χ1v) is 7.46. The number of hydrogen-bond acceptors (Lipinski definition) is 4. The topological polar surface area (TPSA) is 95.8 Å². The lowest BCUT2D eigenvalue weighted by molar-refractivity contribution is 0.0905. The Hall–Kier alpha value is -2.15. The monoisotopic (exact) mass is 305 g/mol. The standard InChI is InChI=1S/C15H23N5O2/c1-5-6-11(21)8-16-15(22)13-7-12(17-18-13)14-9(2)19-20(4)10(14)3/h7,11,21H,5-6,8H2,1-4H3,(H,16,22)(H,17,18). The first kappa shape index (κ1) is 16.2. The molecule has 0 aliphatic rings. The van der Waals surface area contributed by atoms with Crippen LogP contribution < -0.4 is 5.32 Å². The van der Waals surface area contributed by atoms with E-state index >= 15 is 0 Å². The molecule has 2 aromatic rings. The molecule has 2 rings (SSSR count).